The molecule has 0 saturated carbocycles. The molecule has 4 aromatic rings. The summed E-state index contributed by atoms with van der Waals surface area (Å²) in [5, 5.41) is 4.00. The molecule has 0 saturated heterocycles. The van der Waals surface area contributed by atoms with Gasteiger partial charge in [-0.1, -0.05) is 11.2 Å². The minimum atomic E-state index is -0.468. The molecule has 3 aromatic heterocycles. The van der Waals surface area contributed by atoms with E-state index in [0.29, 0.717) is 53.2 Å². The van der Waals surface area contributed by atoms with Crippen LogP contribution in [0.25, 0.3) is 17.0 Å². The third-order valence-corrected chi connectivity index (χ3v) is 4.63. The molecule has 0 N–H and O–H groups in total. The number of fused-ring (bicyclic) bond motifs is 2. The van der Waals surface area contributed by atoms with Crippen LogP contribution in [-0.2, 0) is 11.3 Å². The summed E-state index contributed by atoms with van der Waals surface area (Å²) >= 11 is 0. The Kier molecular flexibility index (Phi) is 4.16. The lowest BCUT2D eigenvalue weighted by Crippen LogP contribution is -2.15. The number of benzene rings is 1. The highest BCUT2D eigenvalue weighted by Crippen LogP contribution is 2.34. The zero-order valence-electron chi connectivity index (χ0n) is 15.6. The minimum Gasteiger partial charge on any atom is -0.486 e. The van der Waals surface area contributed by atoms with Crippen LogP contribution in [0.2, 0.25) is 0 Å². The average Bonchev–Trinajstić information content (AvgIpc) is 3.35. The Morgan fingerprint density at radius 3 is 2.90 bits per heavy atom. The predicted octanol–water partition coefficient (Wildman–Crippen LogP) is 3.43. The quantitative estimate of drug-likeness (QED) is 0.493. The van der Waals surface area contributed by atoms with Gasteiger partial charge in [0.1, 0.15) is 31.2 Å². The average molecular weight is 391 g/mol. The fourth-order valence-electron chi connectivity index (χ4n) is 3.28. The molecule has 4 heterocycles. The monoisotopic (exact) mass is 391 g/mol. The van der Waals surface area contributed by atoms with Crippen LogP contribution in [0.15, 0.2) is 53.2 Å². The third kappa shape index (κ3) is 3.18. The maximum Gasteiger partial charge on any atom is 0.357 e. The first kappa shape index (κ1) is 17.3. The zero-order valence-corrected chi connectivity index (χ0v) is 15.6. The normalized spacial score (nSPS) is 12.9. The SMILES string of the molecule is Cc1nc2ccccn2c1C(=O)OCc1cc(-c2ccc3c(c2)OCCO3)on1. The van der Waals surface area contributed by atoms with Crippen LogP contribution in [-0.4, -0.2) is 33.7 Å². The van der Waals surface area contributed by atoms with Gasteiger partial charge in [-0.3, -0.25) is 4.40 Å². The van der Waals surface area contributed by atoms with E-state index in [2.05, 4.69) is 10.1 Å². The van der Waals surface area contributed by atoms with Crippen molar-refractivity contribution in [3.8, 4) is 22.8 Å². The molecule has 0 fully saturated rings. The number of hydrogen-bond donors (Lipinski definition) is 0. The highest BCUT2D eigenvalue weighted by Gasteiger charge is 2.19. The smallest absolute Gasteiger partial charge is 0.357 e. The second-order valence-corrected chi connectivity index (χ2v) is 6.59. The van der Waals surface area contributed by atoms with E-state index in [-0.39, 0.29) is 6.61 Å². The molecule has 29 heavy (non-hydrogen) atoms. The number of carbonyl (C=O) groups excluding carboxylic acids is 1. The van der Waals surface area contributed by atoms with Crippen molar-refractivity contribution in [2.75, 3.05) is 13.2 Å². The van der Waals surface area contributed by atoms with Gasteiger partial charge >= 0.3 is 5.97 Å². The fraction of sp³-hybridized carbons (Fsp3) is 0.190. The van der Waals surface area contributed by atoms with Crippen molar-refractivity contribution in [2.24, 2.45) is 0 Å². The topological polar surface area (TPSA) is 88.1 Å². The Morgan fingerprint density at radius 1 is 1.14 bits per heavy atom. The van der Waals surface area contributed by atoms with Gasteiger partial charge in [0.25, 0.3) is 0 Å². The second-order valence-electron chi connectivity index (χ2n) is 6.59. The van der Waals surface area contributed by atoms with Crippen LogP contribution in [0.4, 0.5) is 0 Å². The van der Waals surface area contributed by atoms with E-state index >= 15 is 0 Å². The number of ether oxygens (including phenoxy) is 3. The summed E-state index contributed by atoms with van der Waals surface area (Å²) in [4.78, 5) is 17.0. The van der Waals surface area contributed by atoms with Gasteiger partial charge in [-0.2, -0.15) is 0 Å². The largest absolute Gasteiger partial charge is 0.486 e. The number of carbonyl (C=O) groups is 1. The van der Waals surface area contributed by atoms with Crippen LogP contribution in [0.3, 0.4) is 0 Å². The van der Waals surface area contributed by atoms with Crippen LogP contribution in [0.1, 0.15) is 21.9 Å². The minimum absolute atomic E-state index is 0.00755. The molecule has 1 aliphatic heterocycles. The Balaban J connectivity index is 1.32. The van der Waals surface area contributed by atoms with Gasteiger partial charge in [0.2, 0.25) is 0 Å². The molecule has 0 amide bonds. The molecular formula is C21H17N3O5. The Hall–Kier alpha value is -3.81. The summed E-state index contributed by atoms with van der Waals surface area (Å²) in [5.74, 6) is 1.46. The molecule has 8 nitrogen and oxygen atoms in total. The molecule has 8 heteroatoms. The number of pyridine rings is 1. The van der Waals surface area contributed by atoms with Gasteiger partial charge in [0, 0.05) is 17.8 Å². The van der Waals surface area contributed by atoms with Gasteiger partial charge in [-0.15, -0.1) is 0 Å². The Morgan fingerprint density at radius 2 is 2.00 bits per heavy atom. The van der Waals surface area contributed by atoms with E-state index in [0.717, 1.165) is 5.56 Å². The number of nitrogens with zero attached hydrogens (tertiary/aromatic N) is 3. The summed E-state index contributed by atoms with van der Waals surface area (Å²) < 4.78 is 23.7. The summed E-state index contributed by atoms with van der Waals surface area (Å²) in [6, 6.07) is 12.8. The molecule has 146 valence electrons. The molecular weight excluding hydrogens is 374 g/mol. The number of aromatic nitrogens is 3. The highest BCUT2D eigenvalue weighted by atomic mass is 16.6. The number of hydrogen-bond acceptors (Lipinski definition) is 7. The van der Waals surface area contributed by atoms with Crippen molar-refractivity contribution in [1.82, 2.24) is 14.5 Å². The van der Waals surface area contributed by atoms with Gasteiger partial charge in [0.05, 0.1) is 5.69 Å². The maximum absolute atomic E-state index is 12.6. The summed E-state index contributed by atoms with van der Waals surface area (Å²) in [7, 11) is 0. The summed E-state index contributed by atoms with van der Waals surface area (Å²) in [6.07, 6.45) is 1.78. The molecule has 1 aromatic carbocycles. The molecule has 0 radical (unpaired) electrons. The number of rotatable bonds is 4. The lowest BCUT2D eigenvalue weighted by atomic mass is 10.1. The molecule has 0 atom stereocenters. The van der Waals surface area contributed by atoms with Crippen molar-refractivity contribution in [3.63, 3.8) is 0 Å². The predicted molar refractivity (Wildman–Crippen MR) is 102 cm³/mol. The standard InChI is InChI=1S/C21H17N3O5/c1-13-20(24-7-3-2-4-19(24)22-13)21(25)28-12-15-11-17(29-23-15)14-5-6-16-18(10-14)27-9-8-26-16/h2-7,10-11H,8-9,12H2,1H3. The second kappa shape index (κ2) is 6.97. The van der Waals surface area contributed by atoms with Crippen LogP contribution >= 0.6 is 0 Å². The maximum atomic E-state index is 12.6. The van der Waals surface area contributed by atoms with Gasteiger partial charge < -0.3 is 18.7 Å². The first-order valence-electron chi connectivity index (χ1n) is 9.15. The lowest BCUT2D eigenvalue weighted by molar-refractivity contribution is 0.0455. The van der Waals surface area contributed by atoms with Crippen molar-refractivity contribution in [3.05, 3.63) is 65.7 Å². The summed E-state index contributed by atoms with van der Waals surface area (Å²) in [5.41, 5.74) is 3.01. The molecule has 0 bridgehead atoms. The van der Waals surface area contributed by atoms with Crippen molar-refractivity contribution >= 4 is 11.6 Å². The van der Waals surface area contributed by atoms with Gasteiger partial charge in [-0.25, -0.2) is 9.78 Å². The van der Waals surface area contributed by atoms with Gasteiger partial charge in [0.15, 0.2) is 23.0 Å². The number of esters is 1. The van der Waals surface area contributed by atoms with E-state index in [9.17, 15) is 4.79 Å². The highest BCUT2D eigenvalue weighted by molar-refractivity contribution is 5.90. The van der Waals surface area contributed by atoms with Crippen LogP contribution < -0.4 is 9.47 Å². The number of aryl methyl sites for hydroxylation is 1. The van der Waals surface area contributed by atoms with E-state index in [4.69, 9.17) is 18.7 Å². The Bertz CT molecular complexity index is 1210. The molecule has 0 aliphatic carbocycles. The van der Waals surface area contributed by atoms with Gasteiger partial charge in [-0.05, 0) is 37.3 Å². The third-order valence-electron chi connectivity index (χ3n) is 4.63. The van der Waals surface area contributed by atoms with E-state index in [1.165, 1.54) is 0 Å². The first-order valence-corrected chi connectivity index (χ1v) is 9.15. The molecule has 1 aliphatic rings. The number of imidazole rings is 1. The molecule has 5 rings (SSSR count). The van der Waals surface area contributed by atoms with Crippen molar-refractivity contribution in [1.29, 1.82) is 0 Å². The lowest BCUT2D eigenvalue weighted by Gasteiger charge is -2.18. The van der Waals surface area contributed by atoms with E-state index in [1.54, 1.807) is 23.6 Å². The molecule has 0 spiro atoms. The zero-order chi connectivity index (χ0) is 19.8. The van der Waals surface area contributed by atoms with Crippen LogP contribution in [0.5, 0.6) is 11.5 Å². The van der Waals surface area contributed by atoms with Crippen molar-refractivity contribution < 1.29 is 23.5 Å². The first-order chi connectivity index (χ1) is 14.2. The fourth-order valence-corrected chi connectivity index (χ4v) is 3.28. The van der Waals surface area contributed by atoms with E-state index in [1.807, 2.05) is 36.4 Å². The van der Waals surface area contributed by atoms with Crippen LogP contribution in [0, 0.1) is 6.92 Å². The summed E-state index contributed by atoms with van der Waals surface area (Å²) in [6.45, 7) is 2.82. The van der Waals surface area contributed by atoms with E-state index < -0.39 is 5.97 Å². The Labute approximate surface area is 165 Å². The van der Waals surface area contributed by atoms with Crippen molar-refractivity contribution in [2.45, 2.75) is 13.5 Å². The molecule has 0 unspecified atom stereocenters.